The molecule has 0 unspecified atom stereocenters. The van der Waals surface area contributed by atoms with Gasteiger partial charge in [0.05, 0.1) is 18.8 Å². The van der Waals surface area contributed by atoms with Gasteiger partial charge in [-0.1, -0.05) is 45.0 Å². The zero-order chi connectivity index (χ0) is 15.6. The Morgan fingerprint density at radius 1 is 1.09 bits per heavy atom. The fourth-order valence-electron chi connectivity index (χ4n) is 3.49. The molecule has 0 spiro atoms. The Hall–Kier alpha value is -0.900. The van der Waals surface area contributed by atoms with E-state index in [-0.39, 0.29) is 11.0 Å². The van der Waals surface area contributed by atoms with Gasteiger partial charge >= 0.3 is 0 Å². The van der Waals surface area contributed by atoms with Crippen molar-refractivity contribution >= 4 is 0 Å². The molecule has 3 rings (SSSR count). The quantitative estimate of drug-likeness (QED) is 0.905. The molecule has 0 saturated carbocycles. The van der Waals surface area contributed by atoms with Gasteiger partial charge in [-0.25, -0.2) is 0 Å². The van der Waals surface area contributed by atoms with Crippen LogP contribution in [0.4, 0.5) is 0 Å². The van der Waals surface area contributed by atoms with Gasteiger partial charge in [0.1, 0.15) is 0 Å². The number of hydrogen-bond donors (Lipinski definition) is 1. The molecule has 3 nitrogen and oxygen atoms in total. The number of nitrogens with one attached hydrogen (secondary N) is 1. The summed E-state index contributed by atoms with van der Waals surface area (Å²) in [7, 11) is 0. The molecule has 1 aromatic carbocycles. The van der Waals surface area contributed by atoms with Crippen LogP contribution >= 0.6 is 0 Å². The summed E-state index contributed by atoms with van der Waals surface area (Å²) in [5.74, 6) is 0. The molecule has 0 radical (unpaired) electrons. The third-order valence-electron chi connectivity index (χ3n) is 5.12. The monoisotopic (exact) mass is 302 g/mol. The van der Waals surface area contributed by atoms with E-state index in [0.29, 0.717) is 0 Å². The highest BCUT2D eigenvalue weighted by molar-refractivity contribution is 5.27. The molecule has 0 atom stereocenters. The minimum Gasteiger partial charge on any atom is -0.377 e. The van der Waals surface area contributed by atoms with E-state index in [1.165, 1.54) is 37.1 Å². The summed E-state index contributed by atoms with van der Waals surface area (Å²) >= 11 is 0. The van der Waals surface area contributed by atoms with Gasteiger partial charge < -0.3 is 10.1 Å². The molecule has 2 fully saturated rings. The summed E-state index contributed by atoms with van der Waals surface area (Å²) in [5.41, 5.74) is 3.26. The van der Waals surface area contributed by atoms with E-state index in [9.17, 15) is 0 Å². The van der Waals surface area contributed by atoms with Crippen molar-refractivity contribution in [2.24, 2.45) is 0 Å². The predicted octanol–water partition coefficient (Wildman–Crippen LogP) is 2.94. The second kappa shape index (κ2) is 6.31. The van der Waals surface area contributed by atoms with Gasteiger partial charge in [0, 0.05) is 13.1 Å². The Morgan fingerprint density at radius 2 is 1.73 bits per heavy atom. The molecule has 1 aromatic rings. The Kier molecular flexibility index (Phi) is 4.58. The third-order valence-corrected chi connectivity index (χ3v) is 5.12. The molecular formula is C19H30N2O. The smallest absolute Gasteiger partial charge is 0.0804 e. The topological polar surface area (TPSA) is 24.5 Å². The normalized spacial score (nSPS) is 21.8. The van der Waals surface area contributed by atoms with Crippen LogP contribution in [0.2, 0.25) is 0 Å². The van der Waals surface area contributed by atoms with E-state index in [0.717, 1.165) is 26.3 Å². The van der Waals surface area contributed by atoms with Crippen LogP contribution in [0.25, 0.3) is 0 Å². The number of hydrogen-bond acceptors (Lipinski definition) is 3. The van der Waals surface area contributed by atoms with Gasteiger partial charge in [0.15, 0.2) is 0 Å². The van der Waals surface area contributed by atoms with Crippen molar-refractivity contribution in [3.8, 4) is 0 Å². The lowest BCUT2D eigenvalue weighted by Gasteiger charge is -2.48. The van der Waals surface area contributed by atoms with E-state index < -0.39 is 0 Å². The number of ether oxygens (including phenoxy) is 1. The third kappa shape index (κ3) is 3.37. The minimum absolute atomic E-state index is 0.231. The largest absolute Gasteiger partial charge is 0.377 e. The van der Waals surface area contributed by atoms with Crippen LogP contribution in [-0.4, -0.2) is 43.3 Å². The highest BCUT2D eigenvalue weighted by Crippen LogP contribution is 2.28. The first-order valence-electron chi connectivity index (χ1n) is 8.63. The maximum absolute atomic E-state index is 5.52. The molecule has 0 aromatic heterocycles. The van der Waals surface area contributed by atoms with E-state index in [1.54, 1.807) is 0 Å². The summed E-state index contributed by atoms with van der Waals surface area (Å²) in [5, 5.41) is 3.66. The maximum Gasteiger partial charge on any atom is 0.0804 e. The summed E-state index contributed by atoms with van der Waals surface area (Å²) in [4.78, 5) is 2.63. The summed E-state index contributed by atoms with van der Waals surface area (Å²) < 4.78 is 5.52. The lowest BCUT2D eigenvalue weighted by atomic mass is 9.87. The summed E-state index contributed by atoms with van der Waals surface area (Å²) in [6.45, 7) is 13.0. The van der Waals surface area contributed by atoms with Gasteiger partial charge in [-0.3, -0.25) is 4.90 Å². The van der Waals surface area contributed by atoms with Crippen molar-refractivity contribution in [2.75, 3.05) is 32.8 Å². The first-order valence-corrected chi connectivity index (χ1v) is 8.63. The van der Waals surface area contributed by atoms with Crippen LogP contribution in [0.3, 0.4) is 0 Å². The molecular weight excluding hydrogens is 272 g/mol. The van der Waals surface area contributed by atoms with Crippen LogP contribution < -0.4 is 5.32 Å². The number of rotatable bonds is 5. The molecule has 2 aliphatic heterocycles. The Morgan fingerprint density at radius 3 is 2.23 bits per heavy atom. The van der Waals surface area contributed by atoms with Crippen molar-refractivity contribution in [1.82, 2.24) is 10.2 Å². The van der Waals surface area contributed by atoms with E-state index >= 15 is 0 Å². The van der Waals surface area contributed by atoms with E-state index in [2.05, 4.69) is 55.3 Å². The zero-order valence-corrected chi connectivity index (χ0v) is 14.3. The highest BCUT2D eigenvalue weighted by Gasteiger charge is 2.44. The minimum atomic E-state index is 0.231. The van der Waals surface area contributed by atoms with Gasteiger partial charge in [0.2, 0.25) is 0 Å². The van der Waals surface area contributed by atoms with Crippen molar-refractivity contribution < 1.29 is 4.74 Å². The molecule has 2 aliphatic rings. The number of nitrogens with zero attached hydrogens (tertiary/aromatic N) is 1. The molecule has 0 amide bonds. The van der Waals surface area contributed by atoms with Gasteiger partial charge in [0.25, 0.3) is 0 Å². The van der Waals surface area contributed by atoms with Crippen LogP contribution in [0.15, 0.2) is 24.3 Å². The van der Waals surface area contributed by atoms with Crippen molar-refractivity contribution in [3.05, 3.63) is 35.4 Å². The van der Waals surface area contributed by atoms with Gasteiger partial charge in [-0.2, -0.15) is 0 Å². The first-order chi connectivity index (χ1) is 10.5. The Labute approximate surface area is 135 Å². The van der Waals surface area contributed by atoms with Crippen LogP contribution in [-0.2, 0) is 16.7 Å². The molecule has 2 heterocycles. The van der Waals surface area contributed by atoms with Crippen molar-refractivity contribution in [2.45, 2.75) is 51.1 Å². The molecule has 3 heteroatoms. The average molecular weight is 302 g/mol. The van der Waals surface area contributed by atoms with E-state index in [1.807, 2.05) is 0 Å². The molecule has 0 bridgehead atoms. The van der Waals surface area contributed by atoms with Gasteiger partial charge in [-0.05, 0) is 42.5 Å². The average Bonchev–Trinajstić information content (AvgIpc) is 2.95. The van der Waals surface area contributed by atoms with E-state index in [4.69, 9.17) is 4.74 Å². The van der Waals surface area contributed by atoms with Crippen LogP contribution in [0.1, 0.15) is 44.7 Å². The molecule has 22 heavy (non-hydrogen) atoms. The molecule has 122 valence electrons. The standard InChI is InChI=1S/C19H30N2O/c1-18(2,3)17-8-6-16(7-9-17)12-20-13-19(14-22-15-19)21-10-4-5-11-21/h6-9,20H,4-5,10-15H2,1-3H3. The number of benzene rings is 1. The first kappa shape index (κ1) is 16.0. The van der Waals surface area contributed by atoms with Crippen molar-refractivity contribution in [3.63, 3.8) is 0 Å². The van der Waals surface area contributed by atoms with Gasteiger partial charge in [-0.15, -0.1) is 0 Å². The van der Waals surface area contributed by atoms with Crippen molar-refractivity contribution in [1.29, 1.82) is 0 Å². The fourth-order valence-corrected chi connectivity index (χ4v) is 3.49. The summed E-state index contributed by atoms with van der Waals surface area (Å²) in [6.07, 6.45) is 2.69. The summed E-state index contributed by atoms with van der Waals surface area (Å²) in [6, 6.07) is 9.04. The molecule has 2 saturated heterocycles. The Bertz CT molecular complexity index is 479. The second-order valence-electron chi connectivity index (χ2n) is 7.96. The lowest BCUT2D eigenvalue weighted by molar-refractivity contribution is -0.131. The highest BCUT2D eigenvalue weighted by atomic mass is 16.5. The lowest BCUT2D eigenvalue weighted by Crippen LogP contribution is -2.66. The Balaban J connectivity index is 1.52. The zero-order valence-electron chi connectivity index (χ0n) is 14.3. The second-order valence-corrected chi connectivity index (χ2v) is 7.96. The fraction of sp³-hybridized carbons (Fsp3) is 0.684. The maximum atomic E-state index is 5.52. The predicted molar refractivity (Wildman–Crippen MR) is 91.2 cm³/mol. The number of likely N-dealkylation sites (tertiary alicyclic amines) is 1. The van der Waals surface area contributed by atoms with Crippen LogP contribution in [0.5, 0.6) is 0 Å². The molecule has 1 N–H and O–H groups in total. The molecule has 0 aliphatic carbocycles. The SMILES string of the molecule is CC(C)(C)c1ccc(CNCC2(N3CCCC3)COC2)cc1. The van der Waals surface area contributed by atoms with Crippen LogP contribution in [0, 0.1) is 0 Å².